The number of benzene rings is 1. The van der Waals surface area contributed by atoms with Crippen molar-refractivity contribution >= 4 is 11.6 Å². The lowest BCUT2D eigenvalue weighted by Crippen LogP contribution is -2.51. The molecular formula is C14H15ClF6N2O. The Morgan fingerprint density at radius 3 is 2.25 bits per heavy atom. The Kier molecular flexibility index (Phi) is 5.68. The molecule has 1 aromatic carbocycles. The van der Waals surface area contributed by atoms with Gasteiger partial charge in [-0.2, -0.15) is 13.2 Å². The minimum Gasteiger partial charge on any atom is -0.390 e. The van der Waals surface area contributed by atoms with Gasteiger partial charge in [-0.15, -0.1) is 0 Å². The molecule has 0 radical (unpaired) electrons. The molecule has 0 unspecified atom stereocenters. The number of aliphatic hydroxyl groups is 1. The Morgan fingerprint density at radius 1 is 1.17 bits per heavy atom. The number of halogens is 7. The number of aliphatic hydroxyl groups excluding tert-OH is 1. The van der Waals surface area contributed by atoms with Crippen LogP contribution in [0.1, 0.15) is 17.2 Å². The minimum atomic E-state index is -4.87. The quantitative estimate of drug-likeness (QED) is 0.793. The number of piperazine rings is 1. The molecule has 1 aromatic rings. The van der Waals surface area contributed by atoms with E-state index < -0.39 is 46.7 Å². The Hall–Kier alpha value is -1.03. The molecule has 10 heteroatoms. The van der Waals surface area contributed by atoms with E-state index in [-0.39, 0.29) is 13.1 Å². The summed E-state index contributed by atoms with van der Waals surface area (Å²) in [6.07, 6.45) is -4.87. The van der Waals surface area contributed by atoms with Gasteiger partial charge in [-0.25, -0.2) is 13.2 Å². The van der Waals surface area contributed by atoms with Crippen LogP contribution in [-0.2, 0) is 6.18 Å². The molecule has 0 bridgehead atoms. The summed E-state index contributed by atoms with van der Waals surface area (Å²) in [5.74, 6) is -5.19. The van der Waals surface area contributed by atoms with Crippen molar-refractivity contribution in [1.82, 2.24) is 10.2 Å². The summed E-state index contributed by atoms with van der Waals surface area (Å²) < 4.78 is 81.5. The van der Waals surface area contributed by atoms with E-state index in [2.05, 4.69) is 5.32 Å². The van der Waals surface area contributed by atoms with Gasteiger partial charge in [-0.05, 0) is 12.1 Å². The van der Waals surface area contributed by atoms with Gasteiger partial charge < -0.3 is 10.4 Å². The summed E-state index contributed by atoms with van der Waals surface area (Å²) >= 11 is 5.49. The largest absolute Gasteiger partial charge is 0.416 e. The van der Waals surface area contributed by atoms with Crippen LogP contribution in [0, 0.1) is 5.82 Å². The number of hydrogen-bond acceptors (Lipinski definition) is 3. The van der Waals surface area contributed by atoms with E-state index in [1.807, 2.05) is 0 Å². The molecule has 1 saturated heterocycles. The second-order valence-electron chi connectivity index (χ2n) is 5.47. The summed E-state index contributed by atoms with van der Waals surface area (Å²) in [7, 11) is 0. The number of nitrogens with zero attached hydrogens (tertiary/aromatic N) is 1. The van der Waals surface area contributed by atoms with Gasteiger partial charge in [0.05, 0.1) is 10.6 Å². The molecule has 2 N–H and O–H groups in total. The first kappa shape index (κ1) is 19.3. The van der Waals surface area contributed by atoms with E-state index in [1.165, 1.54) is 0 Å². The van der Waals surface area contributed by atoms with Crippen molar-refractivity contribution in [3.05, 3.63) is 34.1 Å². The van der Waals surface area contributed by atoms with Gasteiger partial charge in [0.1, 0.15) is 18.5 Å². The van der Waals surface area contributed by atoms with E-state index >= 15 is 0 Å². The van der Waals surface area contributed by atoms with Crippen LogP contribution in [0.4, 0.5) is 26.3 Å². The van der Waals surface area contributed by atoms with Crippen molar-refractivity contribution < 1.29 is 31.4 Å². The van der Waals surface area contributed by atoms with E-state index in [4.69, 9.17) is 16.7 Å². The SMILES string of the molecule is OCC(F)(F)[C@H](c1cc(C(F)(F)F)cc(Cl)c1F)N1CCNCC1. The van der Waals surface area contributed by atoms with Crippen LogP contribution in [0.25, 0.3) is 0 Å². The number of nitrogens with one attached hydrogen (secondary N) is 1. The first-order valence-electron chi connectivity index (χ1n) is 7.07. The molecule has 3 nitrogen and oxygen atoms in total. The van der Waals surface area contributed by atoms with Crippen LogP contribution in [0.2, 0.25) is 5.02 Å². The fourth-order valence-corrected chi connectivity index (χ4v) is 2.92. The summed E-state index contributed by atoms with van der Waals surface area (Å²) in [6.45, 7) is -0.880. The van der Waals surface area contributed by atoms with Crippen LogP contribution < -0.4 is 5.32 Å². The van der Waals surface area contributed by atoms with Gasteiger partial charge in [-0.3, -0.25) is 4.90 Å². The highest BCUT2D eigenvalue weighted by molar-refractivity contribution is 6.30. The molecule has 24 heavy (non-hydrogen) atoms. The average molecular weight is 377 g/mol. The second kappa shape index (κ2) is 7.07. The summed E-state index contributed by atoms with van der Waals surface area (Å²) in [5, 5.41) is 11.0. The lowest BCUT2D eigenvalue weighted by atomic mass is 9.95. The normalized spacial score (nSPS) is 18.7. The van der Waals surface area contributed by atoms with E-state index in [0.717, 1.165) is 4.90 Å². The first-order chi connectivity index (χ1) is 11.1. The number of rotatable bonds is 4. The molecule has 1 atom stereocenters. The third-order valence-corrected chi connectivity index (χ3v) is 4.08. The van der Waals surface area contributed by atoms with E-state index in [0.29, 0.717) is 25.2 Å². The maximum absolute atomic E-state index is 14.3. The molecule has 1 fully saturated rings. The molecule has 1 aliphatic heterocycles. The van der Waals surface area contributed by atoms with Crippen molar-refractivity contribution in [3.63, 3.8) is 0 Å². The van der Waals surface area contributed by atoms with Crippen LogP contribution in [0.5, 0.6) is 0 Å². The highest BCUT2D eigenvalue weighted by Crippen LogP contribution is 2.42. The Labute approximate surface area is 139 Å². The maximum atomic E-state index is 14.3. The summed E-state index contributed by atoms with van der Waals surface area (Å²) in [5.41, 5.74) is -2.20. The molecule has 0 aliphatic carbocycles. The molecule has 0 amide bonds. The molecule has 2 rings (SSSR count). The second-order valence-corrected chi connectivity index (χ2v) is 5.87. The molecule has 136 valence electrons. The standard InChI is InChI=1S/C14H15ClF6N2O/c15-10-6-8(14(19,20)21)5-9(11(10)16)12(13(17,18)7-24)23-3-1-22-2-4-23/h5-6,12,22,24H,1-4,7H2/t12-/m0/s1. The van der Waals surface area contributed by atoms with Gasteiger partial charge in [0.2, 0.25) is 0 Å². The molecule has 0 spiro atoms. The molecular weight excluding hydrogens is 362 g/mol. The fourth-order valence-electron chi connectivity index (χ4n) is 2.69. The van der Waals surface area contributed by atoms with Crippen molar-refractivity contribution in [1.29, 1.82) is 0 Å². The Balaban J connectivity index is 2.58. The third kappa shape index (κ3) is 3.96. The third-order valence-electron chi connectivity index (χ3n) is 3.81. The van der Waals surface area contributed by atoms with Crippen molar-refractivity contribution in [2.75, 3.05) is 32.8 Å². The smallest absolute Gasteiger partial charge is 0.390 e. The predicted molar refractivity (Wildman–Crippen MR) is 75.6 cm³/mol. The Bertz CT molecular complexity index is 589. The zero-order valence-electron chi connectivity index (χ0n) is 12.3. The van der Waals surface area contributed by atoms with Crippen LogP contribution in [0.15, 0.2) is 12.1 Å². The Morgan fingerprint density at radius 2 is 1.75 bits per heavy atom. The maximum Gasteiger partial charge on any atom is 0.416 e. The monoisotopic (exact) mass is 376 g/mol. The van der Waals surface area contributed by atoms with Gasteiger partial charge in [0.15, 0.2) is 0 Å². The zero-order valence-corrected chi connectivity index (χ0v) is 13.1. The van der Waals surface area contributed by atoms with Crippen LogP contribution in [0.3, 0.4) is 0 Å². The highest BCUT2D eigenvalue weighted by atomic mass is 35.5. The average Bonchev–Trinajstić information content (AvgIpc) is 2.51. The zero-order chi connectivity index (χ0) is 18.1. The lowest BCUT2D eigenvalue weighted by molar-refractivity contribution is -0.138. The predicted octanol–water partition coefficient (Wildman–Crippen LogP) is 3.07. The van der Waals surface area contributed by atoms with Crippen molar-refractivity contribution in [2.24, 2.45) is 0 Å². The van der Waals surface area contributed by atoms with E-state index in [1.54, 1.807) is 0 Å². The van der Waals surface area contributed by atoms with Gasteiger partial charge in [-0.1, -0.05) is 11.6 Å². The van der Waals surface area contributed by atoms with Gasteiger partial charge in [0, 0.05) is 31.7 Å². The number of alkyl halides is 5. The van der Waals surface area contributed by atoms with E-state index in [9.17, 15) is 26.3 Å². The molecule has 0 saturated carbocycles. The summed E-state index contributed by atoms with van der Waals surface area (Å²) in [4.78, 5) is 1.14. The summed E-state index contributed by atoms with van der Waals surface area (Å²) in [6, 6.07) is -1.37. The van der Waals surface area contributed by atoms with Crippen LogP contribution in [-0.4, -0.2) is 48.7 Å². The highest BCUT2D eigenvalue weighted by Gasteiger charge is 2.46. The topological polar surface area (TPSA) is 35.5 Å². The van der Waals surface area contributed by atoms with Crippen molar-refractivity contribution in [2.45, 2.75) is 18.1 Å². The first-order valence-corrected chi connectivity index (χ1v) is 7.45. The lowest BCUT2D eigenvalue weighted by Gasteiger charge is -2.39. The van der Waals surface area contributed by atoms with Gasteiger partial charge >= 0.3 is 6.18 Å². The molecule has 1 aliphatic rings. The van der Waals surface area contributed by atoms with Gasteiger partial charge in [0.25, 0.3) is 5.92 Å². The van der Waals surface area contributed by atoms with Crippen molar-refractivity contribution in [3.8, 4) is 0 Å². The molecule has 1 heterocycles. The molecule has 0 aromatic heterocycles. The minimum absolute atomic E-state index is 0.0631. The number of hydrogen-bond donors (Lipinski definition) is 2. The van der Waals surface area contributed by atoms with Crippen LogP contribution >= 0.6 is 11.6 Å². The fraction of sp³-hybridized carbons (Fsp3) is 0.571.